The van der Waals surface area contributed by atoms with Crippen molar-refractivity contribution in [1.29, 1.82) is 0 Å². The van der Waals surface area contributed by atoms with Crippen LogP contribution in [0, 0.1) is 0 Å². The largest absolute Gasteiger partial charge is 0.354 e. The minimum atomic E-state index is -0.483. The summed E-state index contributed by atoms with van der Waals surface area (Å²) in [6, 6.07) is 14.9. The molecule has 4 rings (SSSR count). The van der Waals surface area contributed by atoms with Gasteiger partial charge < -0.3 is 5.32 Å². The van der Waals surface area contributed by atoms with E-state index in [1.165, 1.54) is 14.7 Å². The minimum Gasteiger partial charge on any atom is -0.354 e. The first kappa shape index (κ1) is 12.8. The van der Waals surface area contributed by atoms with Crippen LogP contribution in [0.2, 0.25) is 0 Å². The van der Waals surface area contributed by atoms with Gasteiger partial charge in [-0.2, -0.15) is 10.9 Å². The Kier molecular flexibility index (Phi) is 3.13. The van der Waals surface area contributed by atoms with Crippen molar-refractivity contribution in [2.24, 2.45) is 0 Å². The van der Waals surface area contributed by atoms with E-state index in [2.05, 4.69) is 52.5 Å². The number of hydrogen-bond acceptors (Lipinski definition) is 3. The lowest BCUT2D eigenvalue weighted by atomic mass is 10.2. The van der Waals surface area contributed by atoms with Crippen LogP contribution < -0.4 is 5.32 Å². The van der Waals surface area contributed by atoms with Gasteiger partial charge in [0.1, 0.15) is 0 Å². The molecule has 21 heavy (non-hydrogen) atoms. The fraction of sp³-hybridized carbons (Fsp3) is 0. The lowest BCUT2D eigenvalue weighted by molar-refractivity contribution is -0.104. The number of anilines is 2. The molecule has 1 unspecified atom stereocenters. The van der Waals surface area contributed by atoms with Crippen LogP contribution >= 0.6 is 22.7 Å². The molecule has 0 bridgehead atoms. The summed E-state index contributed by atoms with van der Waals surface area (Å²) < 4.78 is 0. The van der Waals surface area contributed by atoms with Gasteiger partial charge in [0.05, 0.1) is 11.4 Å². The van der Waals surface area contributed by atoms with Gasteiger partial charge in [0, 0.05) is 15.4 Å². The van der Waals surface area contributed by atoms with Gasteiger partial charge in [-0.1, -0.05) is 23.9 Å². The zero-order valence-electron chi connectivity index (χ0n) is 11.1. The molecule has 0 aromatic heterocycles. The van der Waals surface area contributed by atoms with E-state index in [0.717, 1.165) is 23.2 Å². The van der Waals surface area contributed by atoms with E-state index in [-0.39, 0.29) is 0 Å². The Morgan fingerprint density at radius 3 is 2.76 bits per heavy atom. The van der Waals surface area contributed by atoms with Gasteiger partial charge in [-0.25, -0.2) is 0 Å². The highest BCUT2D eigenvalue weighted by Crippen LogP contribution is 2.49. The van der Waals surface area contributed by atoms with Crippen LogP contribution in [0.1, 0.15) is 0 Å². The standard InChI is InChI=1S/C17H13NOS2/c19-10-12-7-8-21(11-12)13-5-6-15-17(9-13)20-16-4-2-1-3-14(16)18-15/h1-11,18,21H. The van der Waals surface area contributed by atoms with Gasteiger partial charge in [0.15, 0.2) is 6.29 Å². The van der Waals surface area contributed by atoms with E-state index >= 15 is 0 Å². The Morgan fingerprint density at radius 1 is 1.05 bits per heavy atom. The summed E-state index contributed by atoms with van der Waals surface area (Å²) in [6.07, 6.45) is 2.84. The molecule has 2 aliphatic heterocycles. The van der Waals surface area contributed by atoms with Crippen LogP contribution in [-0.2, 0) is 4.79 Å². The van der Waals surface area contributed by atoms with Crippen molar-refractivity contribution in [3.8, 4) is 0 Å². The molecule has 0 spiro atoms. The van der Waals surface area contributed by atoms with E-state index < -0.39 is 10.9 Å². The third kappa shape index (κ3) is 2.30. The van der Waals surface area contributed by atoms with Gasteiger partial charge in [0.2, 0.25) is 0 Å². The van der Waals surface area contributed by atoms with Gasteiger partial charge in [0.25, 0.3) is 0 Å². The highest BCUT2D eigenvalue weighted by atomic mass is 32.2. The second-order valence-electron chi connectivity index (χ2n) is 4.87. The summed E-state index contributed by atoms with van der Waals surface area (Å²) in [7, 11) is -0.483. The number of allylic oxidation sites excluding steroid dienone is 2. The number of thiol groups is 1. The van der Waals surface area contributed by atoms with Crippen molar-refractivity contribution >= 4 is 40.3 Å². The molecular formula is C17H13NOS2. The lowest BCUT2D eigenvalue weighted by Crippen LogP contribution is -1.99. The molecular weight excluding hydrogens is 298 g/mol. The number of carbonyl (C=O) groups excluding carboxylic acids is 1. The van der Waals surface area contributed by atoms with Crippen molar-refractivity contribution in [1.82, 2.24) is 0 Å². The summed E-state index contributed by atoms with van der Waals surface area (Å²) in [5.41, 5.74) is 3.10. The van der Waals surface area contributed by atoms with Crippen LogP contribution in [0.4, 0.5) is 11.4 Å². The SMILES string of the molecule is O=CC1=C[SH](c2ccc3c(c2)Sc2ccccc2N3)C=C1. The molecule has 4 heteroatoms. The number of hydrogen-bond donors (Lipinski definition) is 2. The highest BCUT2D eigenvalue weighted by Gasteiger charge is 2.17. The average Bonchev–Trinajstić information content (AvgIpc) is 3.01. The number of para-hydroxylation sites is 1. The monoisotopic (exact) mass is 311 g/mol. The van der Waals surface area contributed by atoms with Crippen LogP contribution in [0.5, 0.6) is 0 Å². The van der Waals surface area contributed by atoms with Crippen LogP contribution in [-0.4, -0.2) is 6.29 Å². The number of nitrogens with one attached hydrogen (secondary N) is 1. The Morgan fingerprint density at radius 2 is 1.90 bits per heavy atom. The summed E-state index contributed by atoms with van der Waals surface area (Å²) in [5, 5.41) is 7.68. The second kappa shape index (κ2) is 5.13. The van der Waals surface area contributed by atoms with E-state index in [1.807, 2.05) is 12.1 Å². The van der Waals surface area contributed by atoms with Gasteiger partial charge in [-0.15, -0.1) is 0 Å². The molecule has 0 radical (unpaired) electrons. The molecule has 104 valence electrons. The molecule has 0 saturated carbocycles. The molecule has 0 saturated heterocycles. The molecule has 2 nitrogen and oxygen atoms in total. The van der Waals surface area contributed by atoms with Crippen molar-refractivity contribution in [3.05, 3.63) is 64.9 Å². The van der Waals surface area contributed by atoms with Crippen molar-refractivity contribution in [2.45, 2.75) is 14.7 Å². The predicted molar refractivity (Wildman–Crippen MR) is 90.8 cm³/mol. The summed E-state index contributed by atoms with van der Waals surface area (Å²) in [6.45, 7) is 0. The zero-order chi connectivity index (χ0) is 14.2. The number of fused-ring (bicyclic) bond motifs is 2. The zero-order valence-corrected chi connectivity index (χ0v) is 12.8. The Bertz CT molecular complexity index is 795. The third-order valence-electron chi connectivity index (χ3n) is 3.49. The Hall–Kier alpha value is -1.91. The third-order valence-corrected chi connectivity index (χ3v) is 6.55. The highest BCUT2D eigenvalue weighted by molar-refractivity contribution is 8.22. The fourth-order valence-electron chi connectivity index (χ4n) is 2.43. The summed E-state index contributed by atoms with van der Waals surface area (Å²) >= 11 is 1.80. The molecule has 2 aliphatic rings. The summed E-state index contributed by atoms with van der Waals surface area (Å²) in [4.78, 5) is 14.6. The molecule has 2 aromatic carbocycles. The second-order valence-corrected chi connectivity index (χ2v) is 7.84. The maximum absolute atomic E-state index is 10.8. The maximum atomic E-state index is 10.8. The topological polar surface area (TPSA) is 29.1 Å². The molecule has 1 atom stereocenters. The molecule has 0 amide bonds. The van der Waals surface area contributed by atoms with Crippen molar-refractivity contribution in [2.75, 3.05) is 5.32 Å². The molecule has 2 heterocycles. The van der Waals surface area contributed by atoms with E-state index in [9.17, 15) is 4.79 Å². The molecule has 0 fully saturated rings. The normalized spacial score (nSPS) is 20.2. The lowest BCUT2D eigenvalue weighted by Gasteiger charge is -2.22. The maximum Gasteiger partial charge on any atom is 0.150 e. The van der Waals surface area contributed by atoms with E-state index in [4.69, 9.17) is 0 Å². The number of benzene rings is 2. The molecule has 1 N–H and O–H groups in total. The van der Waals surface area contributed by atoms with Crippen LogP contribution in [0.15, 0.2) is 79.6 Å². The quantitative estimate of drug-likeness (QED) is 0.523. The predicted octanol–water partition coefficient (Wildman–Crippen LogP) is 4.87. The Labute approximate surface area is 130 Å². The van der Waals surface area contributed by atoms with Crippen LogP contribution in [0.3, 0.4) is 0 Å². The van der Waals surface area contributed by atoms with E-state index in [0.29, 0.717) is 0 Å². The van der Waals surface area contributed by atoms with Gasteiger partial charge >= 0.3 is 0 Å². The van der Waals surface area contributed by atoms with Gasteiger partial charge in [-0.3, -0.25) is 4.79 Å². The van der Waals surface area contributed by atoms with Gasteiger partial charge in [-0.05, 0) is 52.1 Å². The number of rotatable bonds is 2. The fourth-order valence-corrected chi connectivity index (χ4v) is 5.27. The van der Waals surface area contributed by atoms with Crippen molar-refractivity contribution < 1.29 is 4.79 Å². The minimum absolute atomic E-state index is 0.483. The molecule has 0 aliphatic carbocycles. The number of aldehydes is 1. The van der Waals surface area contributed by atoms with Crippen LogP contribution in [0.25, 0.3) is 0 Å². The smallest absolute Gasteiger partial charge is 0.150 e. The Balaban J connectivity index is 1.69. The van der Waals surface area contributed by atoms with E-state index in [1.54, 1.807) is 11.8 Å². The first-order chi connectivity index (χ1) is 10.3. The number of carbonyl (C=O) groups is 1. The first-order valence-corrected chi connectivity index (χ1v) is 8.95. The summed E-state index contributed by atoms with van der Waals surface area (Å²) in [5.74, 6) is 0. The average molecular weight is 311 g/mol. The molecule has 2 aromatic rings. The van der Waals surface area contributed by atoms with Crippen molar-refractivity contribution in [3.63, 3.8) is 0 Å². The first-order valence-electron chi connectivity index (χ1n) is 6.65.